The van der Waals surface area contributed by atoms with E-state index >= 15 is 0 Å². The number of hydrogen-bond acceptors (Lipinski definition) is 5. The third-order valence-electron chi connectivity index (χ3n) is 3.80. The first-order chi connectivity index (χ1) is 9.88. The molecule has 0 spiro atoms. The van der Waals surface area contributed by atoms with Gasteiger partial charge in [0.15, 0.2) is 27.1 Å². The highest BCUT2D eigenvalue weighted by molar-refractivity contribution is 7.90. The molecule has 1 aromatic rings. The summed E-state index contributed by atoms with van der Waals surface area (Å²) in [6.07, 6.45) is 3.05. The lowest BCUT2D eigenvalue weighted by Gasteiger charge is -2.22. The molecular weight excluding hydrogens is 314 g/mol. The molecule has 1 fully saturated rings. The number of carbonyl (C=O) groups is 1. The van der Waals surface area contributed by atoms with Gasteiger partial charge in [-0.05, 0) is 18.9 Å². The van der Waals surface area contributed by atoms with Crippen LogP contribution in [0.25, 0.3) is 0 Å². The molecule has 1 aliphatic heterocycles. The van der Waals surface area contributed by atoms with Crippen LogP contribution in [0.3, 0.4) is 0 Å². The summed E-state index contributed by atoms with van der Waals surface area (Å²) >= 11 is 6.46. The molecule has 0 saturated heterocycles. The van der Waals surface area contributed by atoms with Crippen molar-refractivity contribution in [3.05, 3.63) is 29.8 Å². The van der Waals surface area contributed by atoms with Crippen LogP contribution in [0.5, 0.6) is 0 Å². The standard InChI is InChI=1S/C14H14ClNO4S/c1-21(18,19)11-5-3-2-4-10(11)12-14(15,8-17)13(20-16-12)9-6-7-9/h2-5,8-9,13H,6-7H2,1H3. The summed E-state index contributed by atoms with van der Waals surface area (Å²) in [7, 11) is -3.46. The summed E-state index contributed by atoms with van der Waals surface area (Å²) in [4.78, 5) is 15.6. The van der Waals surface area contributed by atoms with Crippen molar-refractivity contribution in [1.29, 1.82) is 0 Å². The predicted molar refractivity (Wildman–Crippen MR) is 78.3 cm³/mol. The highest BCUT2D eigenvalue weighted by atomic mass is 35.5. The average molecular weight is 328 g/mol. The van der Waals surface area contributed by atoms with E-state index < -0.39 is 20.8 Å². The van der Waals surface area contributed by atoms with Crippen LogP contribution in [-0.4, -0.2) is 37.6 Å². The first kappa shape index (κ1) is 14.5. The van der Waals surface area contributed by atoms with E-state index in [2.05, 4.69) is 5.16 Å². The van der Waals surface area contributed by atoms with Gasteiger partial charge in [0, 0.05) is 17.7 Å². The largest absolute Gasteiger partial charge is 0.389 e. The minimum absolute atomic E-state index is 0.0932. The minimum Gasteiger partial charge on any atom is -0.389 e. The van der Waals surface area contributed by atoms with Crippen molar-refractivity contribution in [2.45, 2.75) is 28.7 Å². The topological polar surface area (TPSA) is 72.8 Å². The van der Waals surface area contributed by atoms with Crippen LogP contribution in [-0.2, 0) is 19.5 Å². The zero-order valence-electron chi connectivity index (χ0n) is 11.3. The van der Waals surface area contributed by atoms with Gasteiger partial charge in [-0.15, -0.1) is 0 Å². The number of rotatable bonds is 4. The summed E-state index contributed by atoms with van der Waals surface area (Å²) < 4.78 is 23.8. The number of hydrogen-bond donors (Lipinski definition) is 0. The van der Waals surface area contributed by atoms with E-state index in [1.54, 1.807) is 18.2 Å². The van der Waals surface area contributed by atoms with Gasteiger partial charge in [0.05, 0.1) is 4.90 Å². The Kier molecular flexibility index (Phi) is 3.33. The second kappa shape index (κ2) is 4.81. The van der Waals surface area contributed by atoms with Gasteiger partial charge in [-0.3, -0.25) is 0 Å². The van der Waals surface area contributed by atoms with Crippen molar-refractivity contribution >= 4 is 33.4 Å². The van der Waals surface area contributed by atoms with E-state index in [1.165, 1.54) is 6.07 Å². The van der Waals surface area contributed by atoms with Gasteiger partial charge in [-0.25, -0.2) is 8.42 Å². The lowest BCUT2D eigenvalue weighted by atomic mass is 9.90. The summed E-state index contributed by atoms with van der Waals surface area (Å²) in [6.45, 7) is 0. The number of benzene rings is 1. The summed E-state index contributed by atoms with van der Waals surface area (Å²) in [5.74, 6) is 0.194. The van der Waals surface area contributed by atoms with Crippen LogP contribution >= 0.6 is 11.6 Å². The Bertz CT molecular complexity index is 726. The highest BCUT2D eigenvalue weighted by Crippen LogP contribution is 2.45. The fourth-order valence-electron chi connectivity index (χ4n) is 2.58. The number of carbonyl (C=O) groups excluding carboxylic acids is 1. The Morgan fingerprint density at radius 3 is 2.62 bits per heavy atom. The van der Waals surface area contributed by atoms with Gasteiger partial charge >= 0.3 is 0 Å². The molecule has 0 radical (unpaired) electrons. The molecule has 2 aliphatic rings. The van der Waals surface area contributed by atoms with Crippen molar-refractivity contribution in [2.24, 2.45) is 11.1 Å². The van der Waals surface area contributed by atoms with Gasteiger partial charge in [0.25, 0.3) is 0 Å². The highest BCUT2D eigenvalue weighted by Gasteiger charge is 2.56. The fraction of sp³-hybridized carbons (Fsp3) is 0.429. The quantitative estimate of drug-likeness (QED) is 0.624. The zero-order valence-corrected chi connectivity index (χ0v) is 12.9. The fourth-order valence-corrected chi connectivity index (χ4v) is 3.83. The Hall–Kier alpha value is -1.40. The number of halogens is 1. The molecule has 2 unspecified atom stereocenters. The predicted octanol–water partition coefficient (Wildman–Crippen LogP) is 1.78. The minimum atomic E-state index is -3.46. The lowest BCUT2D eigenvalue weighted by Crippen LogP contribution is -2.44. The molecule has 2 atom stereocenters. The molecule has 1 aliphatic carbocycles. The van der Waals surface area contributed by atoms with E-state index in [0.717, 1.165) is 19.1 Å². The number of sulfone groups is 1. The van der Waals surface area contributed by atoms with Gasteiger partial charge < -0.3 is 9.63 Å². The zero-order chi connectivity index (χ0) is 15.3. The molecule has 3 rings (SSSR count). The summed E-state index contributed by atoms with van der Waals surface area (Å²) in [5, 5.41) is 3.94. The van der Waals surface area contributed by atoms with Gasteiger partial charge in [-0.1, -0.05) is 35.0 Å². The van der Waals surface area contributed by atoms with Crippen LogP contribution in [0.15, 0.2) is 34.3 Å². The average Bonchev–Trinajstić information content (AvgIpc) is 3.22. The van der Waals surface area contributed by atoms with E-state index in [9.17, 15) is 13.2 Å². The normalized spacial score (nSPS) is 28.9. The van der Waals surface area contributed by atoms with Crippen LogP contribution < -0.4 is 0 Å². The Morgan fingerprint density at radius 1 is 1.38 bits per heavy atom. The molecule has 7 heteroatoms. The number of alkyl halides is 1. The number of nitrogens with zero attached hydrogens (tertiary/aromatic N) is 1. The maximum absolute atomic E-state index is 11.9. The smallest absolute Gasteiger partial charge is 0.185 e. The van der Waals surface area contributed by atoms with Crippen molar-refractivity contribution in [3.63, 3.8) is 0 Å². The van der Waals surface area contributed by atoms with Crippen LogP contribution in [0, 0.1) is 5.92 Å². The lowest BCUT2D eigenvalue weighted by molar-refractivity contribution is -0.111. The van der Waals surface area contributed by atoms with Gasteiger partial charge in [-0.2, -0.15) is 0 Å². The van der Waals surface area contributed by atoms with Crippen LogP contribution in [0.2, 0.25) is 0 Å². The molecule has 21 heavy (non-hydrogen) atoms. The molecule has 0 amide bonds. The van der Waals surface area contributed by atoms with Crippen molar-refractivity contribution in [2.75, 3.05) is 6.26 Å². The second-order valence-electron chi connectivity index (χ2n) is 5.46. The maximum Gasteiger partial charge on any atom is 0.185 e. The molecule has 112 valence electrons. The van der Waals surface area contributed by atoms with E-state index in [4.69, 9.17) is 16.4 Å². The van der Waals surface area contributed by atoms with E-state index in [1.807, 2.05) is 0 Å². The first-order valence-electron chi connectivity index (χ1n) is 6.57. The summed E-state index contributed by atoms with van der Waals surface area (Å²) in [6, 6.07) is 6.36. The molecule has 1 heterocycles. The van der Waals surface area contributed by atoms with Crippen LogP contribution in [0.1, 0.15) is 18.4 Å². The molecule has 5 nitrogen and oxygen atoms in total. The van der Waals surface area contributed by atoms with Gasteiger partial charge in [0.2, 0.25) is 0 Å². The molecule has 0 N–H and O–H groups in total. The Balaban J connectivity index is 2.11. The Morgan fingerprint density at radius 2 is 2.05 bits per heavy atom. The number of aldehydes is 1. The molecule has 1 saturated carbocycles. The first-order valence-corrected chi connectivity index (χ1v) is 8.84. The number of oxime groups is 1. The molecule has 0 aromatic heterocycles. The Labute approximate surface area is 127 Å². The molecular formula is C14H14ClNO4S. The van der Waals surface area contributed by atoms with E-state index in [-0.39, 0.29) is 16.5 Å². The molecule has 1 aromatic carbocycles. The third kappa shape index (κ3) is 2.36. The second-order valence-corrected chi connectivity index (χ2v) is 8.07. The van der Waals surface area contributed by atoms with E-state index in [0.29, 0.717) is 11.8 Å². The third-order valence-corrected chi connectivity index (χ3v) is 5.44. The van der Waals surface area contributed by atoms with Crippen molar-refractivity contribution in [3.8, 4) is 0 Å². The maximum atomic E-state index is 11.9. The van der Waals surface area contributed by atoms with Gasteiger partial charge in [0.1, 0.15) is 5.71 Å². The monoisotopic (exact) mass is 327 g/mol. The molecule has 0 bridgehead atoms. The van der Waals surface area contributed by atoms with Crippen molar-refractivity contribution < 1.29 is 18.0 Å². The SMILES string of the molecule is CS(=O)(=O)c1ccccc1C1=NOC(C2CC2)C1(Cl)C=O. The van der Waals surface area contributed by atoms with Crippen molar-refractivity contribution in [1.82, 2.24) is 0 Å². The van der Waals surface area contributed by atoms with Crippen LogP contribution in [0.4, 0.5) is 0 Å². The summed E-state index contributed by atoms with van der Waals surface area (Å²) in [5.41, 5.74) is 0.502.